The van der Waals surface area contributed by atoms with Gasteiger partial charge in [-0.1, -0.05) is 55.8 Å². The Kier molecular flexibility index (Phi) is 5.39. The van der Waals surface area contributed by atoms with Crippen LogP contribution in [0, 0.1) is 11.3 Å². The number of carbonyl (C=O) groups is 1. The fourth-order valence-corrected chi connectivity index (χ4v) is 1.72. The first-order valence-corrected chi connectivity index (χ1v) is 7.09. The van der Waals surface area contributed by atoms with Gasteiger partial charge in [0.15, 0.2) is 0 Å². The number of carbonyl (C=O) groups excluding carboxylic acids is 1. The largest absolute Gasteiger partial charge is 0.352 e. The second-order valence-corrected chi connectivity index (χ2v) is 6.79. The van der Waals surface area contributed by atoms with Crippen molar-refractivity contribution in [3.63, 3.8) is 0 Å². The van der Waals surface area contributed by atoms with Crippen LogP contribution in [0.25, 0.3) is 0 Å². The van der Waals surface area contributed by atoms with Crippen molar-refractivity contribution in [2.24, 2.45) is 11.3 Å². The van der Waals surface area contributed by atoms with E-state index in [4.69, 9.17) is 0 Å². The molecular formula is C15H22BrNO. The molecule has 0 aliphatic rings. The predicted octanol–water partition coefficient (Wildman–Crippen LogP) is 4.14. The van der Waals surface area contributed by atoms with Crippen LogP contribution in [0.2, 0.25) is 0 Å². The second kappa shape index (κ2) is 6.37. The van der Waals surface area contributed by atoms with Crippen LogP contribution in [0.1, 0.15) is 39.7 Å². The molecule has 0 fully saturated rings. The summed E-state index contributed by atoms with van der Waals surface area (Å²) in [5, 5.41) is 2.97. The summed E-state index contributed by atoms with van der Waals surface area (Å²) in [6.45, 7) is 9.22. The van der Waals surface area contributed by atoms with Gasteiger partial charge in [0.25, 0.3) is 0 Å². The normalized spacial score (nSPS) is 13.2. The summed E-state index contributed by atoms with van der Waals surface area (Å²) in [5.74, 6) is 0.503. The minimum absolute atomic E-state index is 0.125. The highest BCUT2D eigenvalue weighted by Crippen LogP contribution is 2.27. The van der Waals surface area contributed by atoms with Crippen molar-refractivity contribution in [2.45, 2.75) is 40.7 Å². The number of benzene rings is 1. The molecule has 1 N–H and O–H groups in total. The molecule has 1 atom stereocenters. The molecule has 0 radical (unpaired) electrons. The Bertz CT molecular complexity index is 392. The summed E-state index contributed by atoms with van der Waals surface area (Å²) in [6.07, 6.45) is 0.583. The van der Waals surface area contributed by atoms with Crippen molar-refractivity contribution < 1.29 is 4.79 Å². The van der Waals surface area contributed by atoms with Crippen LogP contribution in [0.5, 0.6) is 0 Å². The van der Waals surface area contributed by atoms with Crippen LogP contribution < -0.4 is 5.32 Å². The van der Waals surface area contributed by atoms with Gasteiger partial charge in [-0.05, 0) is 29.0 Å². The highest BCUT2D eigenvalue weighted by molar-refractivity contribution is 9.10. The van der Waals surface area contributed by atoms with Gasteiger partial charge in [0.2, 0.25) is 5.91 Å². The molecule has 2 nitrogen and oxygen atoms in total. The summed E-state index contributed by atoms with van der Waals surface area (Å²) < 4.78 is 1.05. The summed E-state index contributed by atoms with van der Waals surface area (Å²) >= 11 is 3.39. The molecule has 0 aliphatic heterocycles. The molecule has 0 heterocycles. The van der Waals surface area contributed by atoms with Gasteiger partial charge in [0, 0.05) is 17.4 Å². The Morgan fingerprint density at radius 2 is 1.83 bits per heavy atom. The summed E-state index contributed by atoms with van der Waals surface area (Å²) in [6, 6.07) is 7.99. The third-order valence-electron chi connectivity index (χ3n) is 3.37. The molecule has 0 saturated carbocycles. The van der Waals surface area contributed by atoms with Crippen molar-refractivity contribution >= 4 is 21.8 Å². The van der Waals surface area contributed by atoms with E-state index >= 15 is 0 Å². The number of hydrogen-bond donors (Lipinski definition) is 1. The van der Waals surface area contributed by atoms with E-state index < -0.39 is 0 Å². The fraction of sp³-hybridized carbons (Fsp3) is 0.533. The molecule has 0 bridgehead atoms. The Balaban J connectivity index is 2.40. The van der Waals surface area contributed by atoms with E-state index in [1.165, 1.54) is 0 Å². The summed E-state index contributed by atoms with van der Waals surface area (Å²) in [4.78, 5) is 11.8. The van der Waals surface area contributed by atoms with E-state index in [2.05, 4.69) is 48.9 Å². The number of hydrogen-bond acceptors (Lipinski definition) is 1. The second-order valence-electron chi connectivity index (χ2n) is 5.87. The molecule has 3 heteroatoms. The van der Waals surface area contributed by atoms with Gasteiger partial charge in [-0.3, -0.25) is 4.79 Å². The first-order valence-electron chi connectivity index (χ1n) is 6.30. The van der Waals surface area contributed by atoms with E-state index in [0.29, 0.717) is 18.9 Å². The third-order valence-corrected chi connectivity index (χ3v) is 3.90. The highest BCUT2D eigenvalue weighted by Gasteiger charge is 2.22. The van der Waals surface area contributed by atoms with Crippen molar-refractivity contribution in [3.05, 3.63) is 34.3 Å². The molecular weight excluding hydrogens is 290 g/mol. The number of amides is 1. The molecule has 18 heavy (non-hydrogen) atoms. The molecule has 0 saturated heterocycles. The molecule has 1 unspecified atom stereocenters. The lowest BCUT2D eigenvalue weighted by Crippen LogP contribution is -2.28. The van der Waals surface area contributed by atoms with Gasteiger partial charge in [-0.2, -0.15) is 0 Å². The molecule has 1 aromatic rings. The van der Waals surface area contributed by atoms with Crippen LogP contribution in [0.3, 0.4) is 0 Å². The summed E-state index contributed by atoms with van der Waals surface area (Å²) in [7, 11) is 0. The summed E-state index contributed by atoms with van der Waals surface area (Å²) in [5.41, 5.74) is 1.30. The molecule has 1 aromatic carbocycles. The fourth-order valence-electron chi connectivity index (χ4n) is 1.46. The van der Waals surface area contributed by atoms with Gasteiger partial charge >= 0.3 is 0 Å². The van der Waals surface area contributed by atoms with Gasteiger partial charge < -0.3 is 5.32 Å². The number of halogens is 1. The Morgan fingerprint density at radius 1 is 1.28 bits per heavy atom. The van der Waals surface area contributed by atoms with Crippen LogP contribution in [0.4, 0.5) is 0 Å². The zero-order valence-electron chi connectivity index (χ0n) is 11.6. The van der Waals surface area contributed by atoms with Gasteiger partial charge in [-0.25, -0.2) is 0 Å². The van der Waals surface area contributed by atoms with Gasteiger partial charge in [0.1, 0.15) is 0 Å². The minimum atomic E-state index is 0.125. The predicted molar refractivity (Wildman–Crippen MR) is 79.2 cm³/mol. The van der Waals surface area contributed by atoms with Crippen LogP contribution in [-0.4, -0.2) is 5.91 Å². The zero-order chi connectivity index (χ0) is 13.8. The van der Waals surface area contributed by atoms with Crippen LogP contribution in [0.15, 0.2) is 28.7 Å². The van der Waals surface area contributed by atoms with Crippen molar-refractivity contribution in [1.29, 1.82) is 0 Å². The zero-order valence-corrected chi connectivity index (χ0v) is 13.2. The smallest absolute Gasteiger partial charge is 0.220 e. The lowest BCUT2D eigenvalue weighted by molar-refractivity contribution is -0.122. The minimum Gasteiger partial charge on any atom is -0.352 e. The lowest BCUT2D eigenvalue weighted by atomic mass is 9.80. The van der Waals surface area contributed by atoms with Crippen molar-refractivity contribution in [2.75, 3.05) is 0 Å². The maximum absolute atomic E-state index is 11.8. The average Bonchev–Trinajstić information content (AvgIpc) is 2.27. The maximum atomic E-state index is 11.8. The van der Waals surface area contributed by atoms with Crippen LogP contribution >= 0.6 is 15.9 Å². The van der Waals surface area contributed by atoms with Gasteiger partial charge in [-0.15, -0.1) is 0 Å². The van der Waals surface area contributed by atoms with E-state index in [1.54, 1.807) is 0 Å². The van der Waals surface area contributed by atoms with Crippen molar-refractivity contribution in [1.82, 2.24) is 5.32 Å². The van der Waals surface area contributed by atoms with E-state index in [-0.39, 0.29) is 11.3 Å². The molecule has 1 rings (SSSR count). The van der Waals surface area contributed by atoms with E-state index in [9.17, 15) is 4.79 Å². The number of nitrogens with one attached hydrogen (secondary N) is 1. The Morgan fingerprint density at radius 3 is 2.33 bits per heavy atom. The molecule has 1 amide bonds. The average molecular weight is 312 g/mol. The molecule has 0 aliphatic carbocycles. The first-order chi connectivity index (χ1) is 8.29. The SMILES string of the molecule is CC(CC(=O)NCc1ccc(Br)cc1)C(C)(C)C. The lowest BCUT2D eigenvalue weighted by Gasteiger charge is -2.26. The Hall–Kier alpha value is -0.830. The molecule has 100 valence electrons. The Labute approximate surface area is 118 Å². The van der Waals surface area contributed by atoms with E-state index in [1.807, 2.05) is 24.3 Å². The van der Waals surface area contributed by atoms with Crippen molar-refractivity contribution in [3.8, 4) is 0 Å². The maximum Gasteiger partial charge on any atom is 0.220 e. The monoisotopic (exact) mass is 311 g/mol. The standard InChI is InChI=1S/C15H22BrNO/c1-11(15(2,3)4)9-14(18)17-10-12-5-7-13(16)8-6-12/h5-8,11H,9-10H2,1-4H3,(H,17,18). The first kappa shape index (κ1) is 15.2. The van der Waals surface area contributed by atoms with Crippen LogP contribution in [-0.2, 0) is 11.3 Å². The topological polar surface area (TPSA) is 29.1 Å². The third kappa shape index (κ3) is 5.21. The van der Waals surface area contributed by atoms with Gasteiger partial charge in [0.05, 0.1) is 0 Å². The molecule has 0 aromatic heterocycles. The highest BCUT2D eigenvalue weighted by atomic mass is 79.9. The molecule has 0 spiro atoms. The number of rotatable bonds is 4. The van der Waals surface area contributed by atoms with E-state index in [0.717, 1.165) is 10.0 Å². The quantitative estimate of drug-likeness (QED) is 0.889.